The fraction of sp³-hybridized carbons (Fsp3) is 0.588. The minimum atomic E-state index is -0.708. The Morgan fingerprint density at radius 1 is 1.41 bits per heavy atom. The van der Waals surface area contributed by atoms with Gasteiger partial charge in [0.15, 0.2) is 0 Å². The molecule has 2 rings (SSSR count). The van der Waals surface area contributed by atoms with E-state index in [2.05, 4.69) is 5.32 Å². The van der Waals surface area contributed by atoms with E-state index in [1.54, 1.807) is 6.07 Å². The van der Waals surface area contributed by atoms with Gasteiger partial charge in [-0.2, -0.15) is 0 Å². The van der Waals surface area contributed by atoms with Crippen LogP contribution in [0.25, 0.3) is 0 Å². The van der Waals surface area contributed by atoms with Gasteiger partial charge in [-0.15, -0.1) is 0 Å². The zero-order valence-corrected chi connectivity index (χ0v) is 13.0. The minimum Gasteiger partial charge on any atom is -0.491 e. The standard InChI is InChI=1S/C17H25NO4/c1-13(19)18-10-7-16(20)14-5-4-6-15(11-14)22-12-17(21)8-2-3-9-17/h4-6,11,16,20-21H,2-3,7-10,12H2,1H3,(H,18,19). The molecule has 1 atom stereocenters. The highest BCUT2D eigenvalue weighted by molar-refractivity contribution is 5.72. The Kier molecular flexibility index (Phi) is 5.80. The Hall–Kier alpha value is -1.59. The first kappa shape index (κ1) is 16.8. The highest BCUT2D eigenvalue weighted by atomic mass is 16.5. The molecule has 5 heteroatoms. The fourth-order valence-electron chi connectivity index (χ4n) is 2.76. The summed E-state index contributed by atoms with van der Waals surface area (Å²) in [6.07, 6.45) is 3.46. The number of hydrogen-bond acceptors (Lipinski definition) is 4. The molecule has 0 aliphatic heterocycles. The van der Waals surface area contributed by atoms with Crippen LogP contribution < -0.4 is 10.1 Å². The summed E-state index contributed by atoms with van der Waals surface area (Å²) >= 11 is 0. The molecular formula is C17H25NO4. The molecule has 3 N–H and O–H groups in total. The molecule has 122 valence electrons. The van der Waals surface area contributed by atoms with Crippen molar-refractivity contribution in [2.75, 3.05) is 13.2 Å². The molecule has 0 bridgehead atoms. The fourth-order valence-corrected chi connectivity index (χ4v) is 2.76. The average Bonchev–Trinajstić information content (AvgIpc) is 2.92. The summed E-state index contributed by atoms with van der Waals surface area (Å²) < 4.78 is 5.70. The van der Waals surface area contributed by atoms with Crippen molar-refractivity contribution in [1.29, 1.82) is 0 Å². The maximum atomic E-state index is 10.8. The van der Waals surface area contributed by atoms with Gasteiger partial charge >= 0.3 is 0 Å². The molecule has 1 aromatic carbocycles. The maximum Gasteiger partial charge on any atom is 0.216 e. The molecule has 5 nitrogen and oxygen atoms in total. The van der Waals surface area contributed by atoms with Gasteiger partial charge in [-0.05, 0) is 37.0 Å². The van der Waals surface area contributed by atoms with Gasteiger partial charge in [-0.1, -0.05) is 25.0 Å². The second kappa shape index (κ2) is 7.61. The van der Waals surface area contributed by atoms with Crippen molar-refractivity contribution in [1.82, 2.24) is 5.32 Å². The number of amides is 1. The number of aliphatic hydroxyl groups is 2. The summed E-state index contributed by atoms with van der Waals surface area (Å²) in [5, 5.41) is 23.1. The predicted molar refractivity (Wildman–Crippen MR) is 83.6 cm³/mol. The summed E-state index contributed by atoms with van der Waals surface area (Å²) in [5.41, 5.74) is 0.0429. The second-order valence-electron chi connectivity index (χ2n) is 6.08. The van der Waals surface area contributed by atoms with Crippen LogP contribution >= 0.6 is 0 Å². The summed E-state index contributed by atoms with van der Waals surface area (Å²) in [6.45, 7) is 2.17. The number of aliphatic hydroxyl groups excluding tert-OH is 1. The lowest BCUT2D eigenvalue weighted by molar-refractivity contribution is -0.119. The Balaban J connectivity index is 1.87. The minimum absolute atomic E-state index is 0.103. The summed E-state index contributed by atoms with van der Waals surface area (Å²) in [6, 6.07) is 7.26. The number of carbonyl (C=O) groups is 1. The lowest BCUT2D eigenvalue weighted by atomic mass is 10.0. The first-order valence-electron chi connectivity index (χ1n) is 7.86. The summed E-state index contributed by atoms with van der Waals surface area (Å²) in [5.74, 6) is 0.547. The van der Waals surface area contributed by atoms with E-state index >= 15 is 0 Å². The molecule has 0 saturated heterocycles. The van der Waals surface area contributed by atoms with Crippen LogP contribution in [0.4, 0.5) is 0 Å². The van der Waals surface area contributed by atoms with E-state index in [0.29, 0.717) is 25.3 Å². The zero-order chi connectivity index (χ0) is 16.0. The summed E-state index contributed by atoms with van der Waals surface area (Å²) in [4.78, 5) is 10.8. The van der Waals surface area contributed by atoms with Crippen LogP contribution in [-0.4, -0.2) is 34.9 Å². The normalized spacial score (nSPS) is 18.0. The Bertz CT molecular complexity index is 497. The molecule has 1 saturated carbocycles. The van der Waals surface area contributed by atoms with Crippen LogP contribution in [0.3, 0.4) is 0 Å². The van der Waals surface area contributed by atoms with E-state index in [4.69, 9.17) is 4.74 Å². The van der Waals surface area contributed by atoms with E-state index in [9.17, 15) is 15.0 Å². The third-order valence-electron chi connectivity index (χ3n) is 4.08. The van der Waals surface area contributed by atoms with E-state index in [1.807, 2.05) is 18.2 Å². The van der Waals surface area contributed by atoms with Gasteiger partial charge in [-0.25, -0.2) is 0 Å². The smallest absolute Gasteiger partial charge is 0.216 e. The Labute approximate surface area is 131 Å². The number of rotatable bonds is 7. The van der Waals surface area contributed by atoms with Crippen LogP contribution in [-0.2, 0) is 4.79 Å². The molecule has 1 aliphatic rings. The number of nitrogens with one attached hydrogen (secondary N) is 1. The number of ether oxygens (including phenoxy) is 1. The molecule has 22 heavy (non-hydrogen) atoms. The van der Waals surface area contributed by atoms with Crippen molar-refractivity contribution >= 4 is 5.91 Å². The molecule has 0 spiro atoms. The number of carbonyl (C=O) groups excluding carboxylic acids is 1. The Morgan fingerprint density at radius 3 is 2.82 bits per heavy atom. The van der Waals surface area contributed by atoms with Crippen molar-refractivity contribution in [2.45, 2.75) is 50.7 Å². The van der Waals surface area contributed by atoms with E-state index < -0.39 is 11.7 Å². The van der Waals surface area contributed by atoms with Gasteiger partial charge in [-0.3, -0.25) is 4.79 Å². The predicted octanol–water partition coefficient (Wildman–Crippen LogP) is 1.93. The average molecular weight is 307 g/mol. The van der Waals surface area contributed by atoms with E-state index in [1.165, 1.54) is 6.92 Å². The van der Waals surface area contributed by atoms with E-state index in [-0.39, 0.29) is 5.91 Å². The van der Waals surface area contributed by atoms with Crippen molar-refractivity contribution in [3.8, 4) is 5.75 Å². The third kappa shape index (κ3) is 5.00. The van der Waals surface area contributed by atoms with E-state index in [0.717, 1.165) is 31.2 Å². The first-order chi connectivity index (χ1) is 10.5. The largest absolute Gasteiger partial charge is 0.491 e. The molecule has 0 radical (unpaired) electrons. The topological polar surface area (TPSA) is 78.8 Å². The highest BCUT2D eigenvalue weighted by Crippen LogP contribution is 2.30. The van der Waals surface area contributed by atoms with Gasteiger partial charge < -0.3 is 20.3 Å². The van der Waals surface area contributed by atoms with Crippen molar-refractivity contribution in [3.63, 3.8) is 0 Å². The molecule has 0 heterocycles. The zero-order valence-electron chi connectivity index (χ0n) is 13.0. The third-order valence-corrected chi connectivity index (χ3v) is 4.08. The van der Waals surface area contributed by atoms with Gasteiger partial charge in [0.05, 0.1) is 11.7 Å². The van der Waals surface area contributed by atoms with Crippen LogP contribution in [0, 0.1) is 0 Å². The van der Waals surface area contributed by atoms with Crippen molar-refractivity contribution < 1.29 is 19.7 Å². The summed E-state index contributed by atoms with van der Waals surface area (Å²) in [7, 11) is 0. The van der Waals surface area contributed by atoms with Gasteiger partial charge in [0, 0.05) is 13.5 Å². The number of benzene rings is 1. The van der Waals surface area contributed by atoms with Crippen molar-refractivity contribution in [3.05, 3.63) is 29.8 Å². The van der Waals surface area contributed by atoms with Gasteiger partial charge in [0.1, 0.15) is 12.4 Å². The molecular weight excluding hydrogens is 282 g/mol. The molecule has 0 aromatic heterocycles. The lowest BCUT2D eigenvalue weighted by Gasteiger charge is -2.22. The van der Waals surface area contributed by atoms with Crippen LogP contribution in [0.15, 0.2) is 24.3 Å². The van der Waals surface area contributed by atoms with Crippen LogP contribution in [0.5, 0.6) is 5.75 Å². The lowest BCUT2D eigenvalue weighted by Crippen LogP contribution is -2.32. The Morgan fingerprint density at radius 2 is 2.14 bits per heavy atom. The highest BCUT2D eigenvalue weighted by Gasteiger charge is 2.31. The van der Waals surface area contributed by atoms with Crippen molar-refractivity contribution in [2.24, 2.45) is 0 Å². The maximum absolute atomic E-state index is 10.8. The molecule has 1 amide bonds. The monoisotopic (exact) mass is 307 g/mol. The quantitative estimate of drug-likeness (QED) is 0.719. The molecule has 1 fully saturated rings. The van der Waals surface area contributed by atoms with Gasteiger partial charge in [0.2, 0.25) is 5.91 Å². The second-order valence-corrected chi connectivity index (χ2v) is 6.08. The SMILES string of the molecule is CC(=O)NCCC(O)c1cccc(OCC2(O)CCCC2)c1. The van der Waals surface area contributed by atoms with Crippen LogP contribution in [0.1, 0.15) is 50.7 Å². The number of hydrogen-bond donors (Lipinski definition) is 3. The molecule has 1 aromatic rings. The molecule has 1 unspecified atom stereocenters. The van der Waals surface area contributed by atoms with Gasteiger partial charge in [0.25, 0.3) is 0 Å². The first-order valence-corrected chi connectivity index (χ1v) is 7.86. The molecule has 1 aliphatic carbocycles. The van der Waals surface area contributed by atoms with Crippen LogP contribution in [0.2, 0.25) is 0 Å².